The van der Waals surface area contributed by atoms with Crippen molar-refractivity contribution in [3.63, 3.8) is 0 Å². The van der Waals surface area contributed by atoms with Crippen molar-refractivity contribution in [2.75, 3.05) is 0 Å². The summed E-state index contributed by atoms with van der Waals surface area (Å²) in [7, 11) is 0. The number of nitrogens with zero attached hydrogens (tertiary/aromatic N) is 1. The van der Waals surface area contributed by atoms with Crippen molar-refractivity contribution in [3.8, 4) is 0 Å². The Labute approximate surface area is 113 Å². The van der Waals surface area contributed by atoms with Crippen molar-refractivity contribution < 1.29 is 4.42 Å². The Morgan fingerprint density at radius 1 is 1.33 bits per heavy atom. The molecule has 0 N–H and O–H groups in total. The predicted molar refractivity (Wildman–Crippen MR) is 70.5 cm³/mol. The van der Waals surface area contributed by atoms with Crippen LogP contribution >= 0.6 is 11.6 Å². The fourth-order valence-electron chi connectivity index (χ4n) is 5.78. The average molecular weight is 266 g/mol. The lowest BCUT2D eigenvalue weighted by Crippen LogP contribution is -2.53. The molecule has 1 aromatic heterocycles. The molecule has 0 spiro atoms. The summed E-state index contributed by atoms with van der Waals surface area (Å²) in [5.41, 5.74) is 1.79. The summed E-state index contributed by atoms with van der Waals surface area (Å²) in [6.45, 7) is 2.48. The summed E-state index contributed by atoms with van der Waals surface area (Å²) in [6.07, 6.45) is 9.78. The molecule has 4 aliphatic rings. The number of aromatic nitrogens is 1. The molecule has 0 aliphatic heterocycles. The maximum absolute atomic E-state index is 6.03. The van der Waals surface area contributed by atoms with Crippen molar-refractivity contribution >= 4 is 11.6 Å². The van der Waals surface area contributed by atoms with Crippen molar-refractivity contribution in [1.82, 2.24) is 4.98 Å². The second kappa shape index (κ2) is 3.53. The number of alkyl halides is 1. The van der Waals surface area contributed by atoms with Crippen LogP contribution in [0.5, 0.6) is 0 Å². The largest absolute Gasteiger partial charge is 0.448 e. The summed E-state index contributed by atoms with van der Waals surface area (Å²) in [6, 6.07) is 0. The van der Waals surface area contributed by atoms with Gasteiger partial charge in [0.1, 0.15) is 5.76 Å². The molecule has 4 saturated carbocycles. The van der Waals surface area contributed by atoms with E-state index in [1.165, 1.54) is 38.5 Å². The summed E-state index contributed by atoms with van der Waals surface area (Å²) < 4.78 is 5.79. The van der Waals surface area contributed by atoms with Crippen LogP contribution in [0.4, 0.5) is 0 Å². The molecule has 4 aliphatic carbocycles. The number of halogens is 1. The van der Waals surface area contributed by atoms with Crippen LogP contribution in [0.1, 0.15) is 56.9 Å². The fraction of sp³-hybridized carbons (Fsp3) is 0.800. The molecule has 2 atom stereocenters. The highest BCUT2D eigenvalue weighted by atomic mass is 35.5. The van der Waals surface area contributed by atoms with Crippen molar-refractivity contribution in [2.24, 2.45) is 17.3 Å². The van der Waals surface area contributed by atoms with Crippen LogP contribution in [0.15, 0.2) is 10.8 Å². The highest BCUT2D eigenvalue weighted by molar-refractivity contribution is 6.16. The molecular weight excluding hydrogens is 246 g/mol. The number of hydrogen-bond donors (Lipinski definition) is 0. The van der Waals surface area contributed by atoms with Crippen LogP contribution < -0.4 is 0 Å². The summed E-state index contributed by atoms with van der Waals surface area (Å²) in [4.78, 5) is 4.32. The fourth-order valence-corrected chi connectivity index (χ4v) is 5.97. The SMILES string of the molecule is CC12CC3CC(C1)CC(c1ocnc1CCl)(C3)C2. The predicted octanol–water partition coefficient (Wildman–Crippen LogP) is 4.27. The number of oxazole rings is 1. The lowest BCUT2D eigenvalue weighted by molar-refractivity contribution is -0.0692. The van der Waals surface area contributed by atoms with Crippen LogP contribution in [0.3, 0.4) is 0 Å². The van der Waals surface area contributed by atoms with Gasteiger partial charge < -0.3 is 4.42 Å². The minimum Gasteiger partial charge on any atom is -0.448 e. The van der Waals surface area contributed by atoms with Crippen molar-refractivity contribution in [3.05, 3.63) is 17.8 Å². The van der Waals surface area contributed by atoms with E-state index in [0.29, 0.717) is 11.3 Å². The molecule has 0 aromatic carbocycles. The molecule has 0 amide bonds. The Morgan fingerprint density at radius 2 is 2.06 bits per heavy atom. The normalized spacial score (nSPS) is 45.7. The van der Waals surface area contributed by atoms with E-state index in [-0.39, 0.29) is 5.41 Å². The molecule has 4 bridgehead atoms. The van der Waals surface area contributed by atoms with Gasteiger partial charge in [-0.15, -0.1) is 11.6 Å². The first kappa shape index (κ1) is 11.3. The van der Waals surface area contributed by atoms with E-state index in [2.05, 4.69) is 11.9 Å². The highest BCUT2D eigenvalue weighted by Gasteiger charge is 2.58. The average Bonchev–Trinajstić information content (AvgIpc) is 2.73. The van der Waals surface area contributed by atoms with Gasteiger partial charge in [0, 0.05) is 5.41 Å². The Balaban J connectivity index is 1.80. The molecule has 4 fully saturated rings. The van der Waals surface area contributed by atoms with Gasteiger partial charge in [-0.25, -0.2) is 4.98 Å². The maximum Gasteiger partial charge on any atom is 0.181 e. The molecule has 1 heterocycles. The first-order chi connectivity index (χ1) is 8.62. The standard InChI is InChI=1S/C15H20ClNO/c1-14-3-10-2-11(4-14)6-15(5-10,8-14)13-12(7-16)17-9-18-13/h9-11H,2-8H2,1H3. The smallest absolute Gasteiger partial charge is 0.181 e. The third-order valence-corrected chi connectivity index (χ3v) is 5.86. The van der Waals surface area contributed by atoms with E-state index in [1.807, 2.05) is 0 Å². The second-order valence-electron chi connectivity index (χ2n) is 7.31. The van der Waals surface area contributed by atoms with Crippen LogP contribution in [-0.4, -0.2) is 4.98 Å². The third-order valence-electron chi connectivity index (χ3n) is 5.60. The zero-order valence-corrected chi connectivity index (χ0v) is 11.7. The molecular formula is C15H20ClNO. The summed E-state index contributed by atoms with van der Waals surface area (Å²) >= 11 is 6.03. The van der Waals surface area contributed by atoms with Gasteiger partial charge in [-0.2, -0.15) is 0 Å². The number of hydrogen-bond acceptors (Lipinski definition) is 2. The third kappa shape index (κ3) is 1.44. The first-order valence-corrected chi connectivity index (χ1v) is 7.65. The second-order valence-corrected chi connectivity index (χ2v) is 7.58. The van der Waals surface area contributed by atoms with Gasteiger partial charge in [-0.3, -0.25) is 0 Å². The molecule has 0 radical (unpaired) electrons. The first-order valence-electron chi connectivity index (χ1n) is 7.11. The zero-order valence-electron chi connectivity index (χ0n) is 10.9. The van der Waals surface area contributed by atoms with Gasteiger partial charge in [0.2, 0.25) is 0 Å². The molecule has 0 saturated heterocycles. The molecule has 5 rings (SSSR count). The van der Waals surface area contributed by atoms with Gasteiger partial charge in [0.05, 0.1) is 11.6 Å². The lowest BCUT2D eigenvalue weighted by Gasteiger charge is -2.60. The zero-order chi connectivity index (χ0) is 12.4. The molecule has 3 heteroatoms. The van der Waals surface area contributed by atoms with Gasteiger partial charge in [-0.05, 0) is 55.8 Å². The van der Waals surface area contributed by atoms with Gasteiger partial charge >= 0.3 is 0 Å². The van der Waals surface area contributed by atoms with Gasteiger partial charge in [0.25, 0.3) is 0 Å². The Morgan fingerprint density at radius 3 is 2.67 bits per heavy atom. The monoisotopic (exact) mass is 265 g/mol. The summed E-state index contributed by atoms with van der Waals surface area (Å²) in [5, 5.41) is 0. The Kier molecular flexibility index (Phi) is 2.22. The van der Waals surface area contributed by atoms with Crippen LogP contribution in [0.2, 0.25) is 0 Å². The molecule has 2 nitrogen and oxygen atoms in total. The highest BCUT2D eigenvalue weighted by Crippen LogP contribution is 2.65. The van der Waals surface area contributed by atoms with Crippen LogP contribution in [0, 0.1) is 17.3 Å². The van der Waals surface area contributed by atoms with E-state index in [0.717, 1.165) is 23.3 Å². The van der Waals surface area contributed by atoms with E-state index in [4.69, 9.17) is 16.0 Å². The van der Waals surface area contributed by atoms with E-state index >= 15 is 0 Å². The van der Waals surface area contributed by atoms with Crippen LogP contribution in [0.25, 0.3) is 0 Å². The van der Waals surface area contributed by atoms with E-state index in [9.17, 15) is 0 Å². The van der Waals surface area contributed by atoms with Crippen LogP contribution in [-0.2, 0) is 11.3 Å². The van der Waals surface area contributed by atoms with Crippen molar-refractivity contribution in [2.45, 2.75) is 56.7 Å². The molecule has 98 valence electrons. The van der Waals surface area contributed by atoms with Gasteiger partial charge in [-0.1, -0.05) is 6.92 Å². The van der Waals surface area contributed by atoms with E-state index < -0.39 is 0 Å². The van der Waals surface area contributed by atoms with Gasteiger partial charge in [0.15, 0.2) is 6.39 Å². The van der Waals surface area contributed by atoms with E-state index in [1.54, 1.807) is 6.39 Å². The lowest BCUT2D eigenvalue weighted by atomic mass is 9.44. The minimum absolute atomic E-state index is 0.263. The summed E-state index contributed by atoms with van der Waals surface area (Å²) in [5.74, 6) is 3.42. The number of rotatable bonds is 2. The molecule has 2 unspecified atom stereocenters. The topological polar surface area (TPSA) is 26.0 Å². The molecule has 18 heavy (non-hydrogen) atoms. The minimum atomic E-state index is 0.263. The quantitative estimate of drug-likeness (QED) is 0.747. The maximum atomic E-state index is 6.03. The Bertz CT molecular complexity index is 467. The Hall–Kier alpha value is -0.500. The molecule has 1 aromatic rings. The van der Waals surface area contributed by atoms with Crippen molar-refractivity contribution in [1.29, 1.82) is 0 Å².